The van der Waals surface area contributed by atoms with Gasteiger partial charge in [0, 0.05) is 13.8 Å². The average Bonchev–Trinajstić information content (AvgIpc) is 2.66. The molecule has 0 amide bonds. The summed E-state index contributed by atoms with van der Waals surface area (Å²) < 4.78 is 22.3. The van der Waals surface area contributed by atoms with Crippen LogP contribution in [0.2, 0.25) is 0 Å². The van der Waals surface area contributed by atoms with Gasteiger partial charge in [0.1, 0.15) is 17.6 Å². The predicted molar refractivity (Wildman–Crippen MR) is 109 cm³/mol. The highest BCUT2D eigenvalue weighted by Gasteiger charge is 2.49. The highest BCUT2D eigenvalue weighted by Crippen LogP contribution is 2.39. The van der Waals surface area contributed by atoms with E-state index in [1.54, 1.807) is 12.3 Å². The van der Waals surface area contributed by atoms with Crippen molar-refractivity contribution < 1.29 is 33.6 Å². The molecule has 7 nitrogen and oxygen atoms in total. The highest BCUT2D eigenvalue weighted by molar-refractivity contribution is 7.99. The van der Waals surface area contributed by atoms with Crippen LogP contribution < -0.4 is 0 Å². The van der Waals surface area contributed by atoms with Crippen LogP contribution in [0.3, 0.4) is 0 Å². The third kappa shape index (κ3) is 6.05. The second kappa shape index (κ2) is 10.8. The van der Waals surface area contributed by atoms with Crippen molar-refractivity contribution in [2.75, 3.05) is 12.9 Å². The maximum atomic E-state index is 11.7. The van der Waals surface area contributed by atoms with Crippen LogP contribution in [0, 0.1) is 6.92 Å². The van der Waals surface area contributed by atoms with Crippen LogP contribution in [0.1, 0.15) is 36.6 Å². The molecule has 5 atom stereocenters. The van der Waals surface area contributed by atoms with Gasteiger partial charge in [-0.2, -0.15) is 0 Å². The predicted octanol–water partition coefficient (Wildman–Crippen LogP) is 2.68. The SMILES string of the molecule is C=CCOCc1cc([C@@H]2O[C@H](SC)[C@@H](OC(C)=O)[C@H](O)[C@H]2OC(C)=O)ccc1C. The number of carbonyl (C=O) groups is 2. The van der Waals surface area contributed by atoms with E-state index in [2.05, 4.69) is 6.58 Å². The summed E-state index contributed by atoms with van der Waals surface area (Å²) in [6.45, 7) is 8.94. The first-order valence-corrected chi connectivity index (χ1v) is 10.6. The van der Waals surface area contributed by atoms with Gasteiger partial charge >= 0.3 is 11.9 Å². The molecule has 0 unspecified atom stereocenters. The lowest BCUT2D eigenvalue weighted by Crippen LogP contribution is -2.55. The molecule has 1 aliphatic heterocycles. The van der Waals surface area contributed by atoms with Crippen LogP contribution in [-0.4, -0.2) is 53.7 Å². The van der Waals surface area contributed by atoms with Crippen LogP contribution in [0.25, 0.3) is 0 Å². The number of rotatable bonds is 8. The lowest BCUT2D eigenvalue weighted by atomic mass is 9.92. The Hall–Kier alpha value is -1.87. The summed E-state index contributed by atoms with van der Waals surface area (Å²) in [6.07, 6.45) is -0.471. The Bertz CT molecular complexity index is 736. The van der Waals surface area contributed by atoms with Crippen molar-refractivity contribution in [1.82, 2.24) is 0 Å². The van der Waals surface area contributed by atoms with Gasteiger partial charge in [-0.3, -0.25) is 9.59 Å². The zero-order valence-electron chi connectivity index (χ0n) is 17.1. The molecule has 1 heterocycles. The number of thioether (sulfide) groups is 1. The Labute approximate surface area is 175 Å². The van der Waals surface area contributed by atoms with Gasteiger partial charge in [0.05, 0.1) is 13.2 Å². The minimum atomic E-state index is -1.24. The minimum Gasteiger partial charge on any atom is -0.456 e. The first-order chi connectivity index (χ1) is 13.8. The molecule has 2 rings (SSSR count). The first kappa shape index (κ1) is 23.4. The lowest BCUT2D eigenvalue weighted by Gasteiger charge is -2.43. The van der Waals surface area contributed by atoms with Crippen LogP contribution in [0.5, 0.6) is 0 Å². The van der Waals surface area contributed by atoms with Crippen molar-refractivity contribution >= 4 is 23.7 Å². The summed E-state index contributed by atoms with van der Waals surface area (Å²) in [4.78, 5) is 23.2. The number of carbonyl (C=O) groups excluding carboxylic acids is 2. The summed E-state index contributed by atoms with van der Waals surface area (Å²) in [5.74, 6) is -1.11. The van der Waals surface area contributed by atoms with Gasteiger partial charge < -0.3 is 24.1 Å². The van der Waals surface area contributed by atoms with Crippen molar-refractivity contribution in [2.24, 2.45) is 0 Å². The largest absolute Gasteiger partial charge is 0.456 e. The Morgan fingerprint density at radius 3 is 2.48 bits per heavy atom. The summed E-state index contributed by atoms with van der Waals surface area (Å²) >= 11 is 1.31. The molecule has 0 aliphatic carbocycles. The average molecular weight is 425 g/mol. The molecule has 1 aromatic carbocycles. The van der Waals surface area contributed by atoms with Crippen LogP contribution in [0.15, 0.2) is 30.9 Å². The number of aryl methyl sites for hydroxylation is 1. The van der Waals surface area contributed by atoms with E-state index >= 15 is 0 Å². The molecular weight excluding hydrogens is 396 g/mol. The number of ether oxygens (including phenoxy) is 4. The summed E-state index contributed by atoms with van der Waals surface area (Å²) in [7, 11) is 0. The van der Waals surface area contributed by atoms with Crippen LogP contribution >= 0.6 is 11.8 Å². The van der Waals surface area contributed by atoms with E-state index in [1.807, 2.05) is 25.1 Å². The van der Waals surface area contributed by atoms with E-state index < -0.39 is 41.8 Å². The molecule has 0 aromatic heterocycles. The fraction of sp³-hybridized carbons (Fsp3) is 0.524. The molecule has 0 saturated carbocycles. The van der Waals surface area contributed by atoms with Gasteiger partial charge in [-0.1, -0.05) is 24.3 Å². The Kier molecular flexibility index (Phi) is 8.70. The van der Waals surface area contributed by atoms with Crippen molar-refractivity contribution in [1.29, 1.82) is 0 Å². The van der Waals surface area contributed by atoms with Gasteiger partial charge in [0.15, 0.2) is 12.2 Å². The normalized spacial score (nSPS) is 26.6. The molecule has 29 heavy (non-hydrogen) atoms. The van der Waals surface area contributed by atoms with Gasteiger partial charge in [-0.05, 0) is 29.9 Å². The third-order valence-electron chi connectivity index (χ3n) is 4.55. The fourth-order valence-corrected chi connectivity index (χ4v) is 3.92. The molecule has 0 spiro atoms. The van der Waals surface area contributed by atoms with E-state index in [9.17, 15) is 14.7 Å². The van der Waals surface area contributed by atoms with Crippen molar-refractivity contribution in [3.8, 4) is 0 Å². The van der Waals surface area contributed by atoms with Crippen LogP contribution in [0.4, 0.5) is 0 Å². The van der Waals surface area contributed by atoms with Crippen LogP contribution in [-0.2, 0) is 35.1 Å². The van der Waals surface area contributed by atoms with Crippen molar-refractivity contribution in [3.63, 3.8) is 0 Å². The van der Waals surface area contributed by atoms with Gasteiger partial charge in [-0.25, -0.2) is 0 Å². The van der Waals surface area contributed by atoms with E-state index in [-0.39, 0.29) is 0 Å². The fourth-order valence-electron chi connectivity index (χ4n) is 3.20. The number of esters is 2. The monoisotopic (exact) mass is 424 g/mol. The zero-order valence-corrected chi connectivity index (χ0v) is 17.9. The third-order valence-corrected chi connectivity index (χ3v) is 5.40. The van der Waals surface area contributed by atoms with E-state index in [1.165, 1.54) is 25.6 Å². The molecule has 1 N–H and O–H groups in total. The molecule has 1 saturated heterocycles. The Balaban J connectivity index is 2.37. The summed E-state index contributed by atoms with van der Waals surface area (Å²) in [5, 5.41) is 10.9. The molecule has 1 fully saturated rings. The topological polar surface area (TPSA) is 91.3 Å². The second-order valence-electron chi connectivity index (χ2n) is 6.79. The molecule has 0 bridgehead atoms. The summed E-state index contributed by atoms with van der Waals surface area (Å²) in [6, 6.07) is 5.70. The van der Waals surface area contributed by atoms with E-state index in [0.717, 1.165) is 16.7 Å². The van der Waals surface area contributed by atoms with Crippen molar-refractivity contribution in [2.45, 2.75) is 57.2 Å². The zero-order chi connectivity index (χ0) is 21.6. The minimum absolute atomic E-state index is 0.390. The smallest absolute Gasteiger partial charge is 0.303 e. The number of aliphatic hydroxyl groups is 1. The van der Waals surface area contributed by atoms with Gasteiger partial charge in [-0.15, -0.1) is 18.3 Å². The lowest BCUT2D eigenvalue weighted by molar-refractivity contribution is -0.224. The number of hydrogen-bond donors (Lipinski definition) is 1. The molecule has 1 aliphatic rings. The quantitative estimate of drug-likeness (QED) is 0.387. The standard InChI is InChI=1S/C21H28O7S/c1-6-9-25-11-16-10-15(8-7-12(16)2)18-19(26-13(3)22)17(24)20(27-14(4)23)21(28-18)29-5/h6-8,10,17-21,24H,1,9,11H2,2-5H3/t17-,18+,19-,20+,21-/m1/s1. The first-order valence-electron chi connectivity index (χ1n) is 9.27. The maximum absolute atomic E-state index is 11.7. The van der Waals surface area contributed by atoms with E-state index in [4.69, 9.17) is 18.9 Å². The number of aliphatic hydroxyl groups excluding tert-OH is 1. The summed E-state index contributed by atoms with van der Waals surface area (Å²) in [5.41, 5.74) is 2.11. The Morgan fingerprint density at radius 2 is 1.90 bits per heavy atom. The van der Waals surface area contributed by atoms with Gasteiger partial charge in [0.25, 0.3) is 0 Å². The highest BCUT2D eigenvalue weighted by atomic mass is 32.2. The Morgan fingerprint density at radius 1 is 1.24 bits per heavy atom. The maximum Gasteiger partial charge on any atom is 0.303 e. The molecular formula is C21H28O7S. The van der Waals surface area contributed by atoms with E-state index in [0.29, 0.717) is 13.2 Å². The molecule has 0 radical (unpaired) electrons. The number of benzene rings is 1. The second-order valence-corrected chi connectivity index (χ2v) is 7.73. The molecule has 160 valence electrons. The number of hydrogen-bond acceptors (Lipinski definition) is 8. The molecule has 1 aromatic rings. The van der Waals surface area contributed by atoms with Crippen molar-refractivity contribution in [3.05, 3.63) is 47.5 Å². The van der Waals surface area contributed by atoms with Gasteiger partial charge in [0.2, 0.25) is 0 Å². The molecule has 8 heteroatoms.